The maximum atomic E-state index is 11.8. The summed E-state index contributed by atoms with van der Waals surface area (Å²) in [6.45, 7) is 3.75. The normalized spacial score (nSPS) is 11.7. The lowest BCUT2D eigenvalue weighted by Gasteiger charge is -2.20. The van der Waals surface area contributed by atoms with Gasteiger partial charge in [-0.15, -0.1) is 0 Å². The van der Waals surface area contributed by atoms with Crippen LogP contribution in [0.5, 0.6) is 5.75 Å². The molecule has 1 aromatic rings. The van der Waals surface area contributed by atoms with Crippen LogP contribution in [0, 0.1) is 0 Å². The second-order valence-corrected chi connectivity index (χ2v) is 7.40. The fourth-order valence-corrected chi connectivity index (χ4v) is 2.75. The van der Waals surface area contributed by atoms with Crippen LogP contribution in [0.1, 0.15) is 19.4 Å². The van der Waals surface area contributed by atoms with Crippen LogP contribution < -0.4 is 10.1 Å². The van der Waals surface area contributed by atoms with Gasteiger partial charge in [0.1, 0.15) is 5.75 Å². The smallest absolute Gasteiger partial charge is 0.235 e. The number of hydrogen-bond donors (Lipinski definition) is 1. The Bertz CT molecular complexity index is 599. The fraction of sp³-hybridized carbons (Fsp3) is 0.533. The average Bonchev–Trinajstić information content (AvgIpc) is 2.41. The van der Waals surface area contributed by atoms with E-state index in [0.717, 1.165) is 17.6 Å². The van der Waals surface area contributed by atoms with E-state index < -0.39 is 10.0 Å². The van der Waals surface area contributed by atoms with Crippen LogP contribution in [-0.2, 0) is 21.2 Å². The number of amides is 1. The van der Waals surface area contributed by atoms with Crippen molar-refractivity contribution in [1.29, 1.82) is 0 Å². The Morgan fingerprint density at radius 2 is 2.05 bits per heavy atom. The van der Waals surface area contributed by atoms with Crippen molar-refractivity contribution in [2.24, 2.45) is 0 Å². The van der Waals surface area contributed by atoms with Gasteiger partial charge >= 0.3 is 0 Å². The van der Waals surface area contributed by atoms with Crippen LogP contribution in [0.25, 0.3) is 0 Å². The molecule has 1 aromatic carbocycles. The number of methoxy groups -OCH3 is 1. The van der Waals surface area contributed by atoms with Crippen molar-refractivity contribution < 1.29 is 17.9 Å². The van der Waals surface area contributed by atoms with E-state index in [0.29, 0.717) is 6.42 Å². The Balaban J connectivity index is 2.71. The molecule has 0 heterocycles. The van der Waals surface area contributed by atoms with Gasteiger partial charge < -0.3 is 10.1 Å². The number of sulfonamides is 1. The number of ether oxygens (including phenoxy) is 1. The molecule has 124 valence electrons. The minimum atomic E-state index is -3.44. The molecule has 6 nitrogen and oxygen atoms in total. The molecule has 1 amide bonds. The van der Waals surface area contributed by atoms with Gasteiger partial charge in [0.25, 0.3) is 0 Å². The minimum absolute atomic E-state index is 0.0210. The SMILES string of the molecule is COc1cccc(CCN(CC(=O)NC(C)C)S(C)(=O)=O)c1. The van der Waals surface area contributed by atoms with Crippen molar-refractivity contribution in [2.45, 2.75) is 26.3 Å². The molecule has 7 heteroatoms. The number of carbonyl (C=O) groups is 1. The zero-order valence-corrected chi connectivity index (χ0v) is 14.3. The molecule has 1 rings (SSSR count). The molecule has 0 aromatic heterocycles. The summed E-state index contributed by atoms with van der Waals surface area (Å²) in [5.74, 6) is 0.423. The summed E-state index contributed by atoms with van der Waals surface area (Å²) < 4.78 is 30.0. The molecular weight excluding hydrogens is 304 g/mol. The van der Waals surface area contributed by atoms with Crippen LogP contribution in [0.4, 0.5) is 0 Å². The molecule has 0 radical (unpaired) electrons. The lowest BCUT2D eigenvalue weighted by molar-refractivity contribution is -0.121. The largest absolute Gasteiger partial charge is 0.497 e. The second kappa shape index (κ2) is 8.14. The summed E-state index contributed by atoms with van der Waals surface area (Å²) in [6.07, 6.45) is 1.63. The van der Waals surface area contributed by atoms with E-state index in [9.17, 15) is 13.2 Å². The third-order valence-corrected chi connectivity index (χ3v) is 4.27. The van der Waals surface area contributed by atoms with Crippen LogP contribution in [0.2, 0.25) is 0 Å². The van der Waals surface area contributed by atoms with Gasteiger partial charge in [-0.05, 0) is 38.0 Å². The molecular formula is C15H24N2O4S. The van der Waals surface area contributed by atoms with Gasteiger partial charge in [0.05, 0.1) is 19.9 Å². The van der Waals surface area contributed by atoms with Crippen LogP contribution in [-0.4, -0.2) is 51.1 Å². The van der Waals surface area contributed by atoms with E-state index in [-0.39, 0.29) is 25.0 Å². The number of nitrogens with one attached hydrogen (secondary N) is 1. The highest BCUT2D eigenvalue weighted by atomic mass is 32.2. The third kappa shape index (κ3) is 6.44. The molecule has 0 aliphatic rings. The lowest BCUT2D eigenvalue weighted by atomic mass is 10.1. The molecule has 0 unspecified atom stereocenters. The van der Waals surface area contributed by atoms with E-state index in [1.165, 1.54) is 4.31 Å². The first-order chi connectivity index (χ1) is 10.2. The Morgan fingerprint density at radius 3 is 2.59 bits per heavy atom. The first-order valence-corrected chi connectivity index (χ1v) is 8.94. The molecule has 0 fully saturated rings. The Labute approximate surface area is 132 Å². The molecule has 0 spiro atoms. The summed E-state index contributed by atoms with van der Waals surface area (Å²) in [6, 6.07) is 7.41. The summed E-state index contributed by atoms with van der Waals surface area (Å²) in [7, 11) is -1.86. The van der Waals surface area contributed by atoms with Gasteiger partial charge in [-0.25, -0.2) is 8.42 Å². The Morgan fingerprint density at radius 1 is 1.36 bits per heavy atom. The monoisotopic (exact) mass is 328 g/mol. The number of nitrogens with zero attached hydrogens (tertiary/aromatic N) is 1. The zero-order valence-electron chi connectivity index (χ0n) is 13.5. The highest BCUT2D eigenvalue weighted by Gasteiger charge is 2.20. The van der Waals surface area contributed by atoms with Gasteiger partial charge in [0.15, 0.2) is 0 Å². The van der Waals surface area contributed by atoms with Crippen molar-refractivity contribution in [3.63, 3.8) is 0 Å². The van der Waals surface area contributed by atoms with Crippen molar-refractivity contribution >= 4 is 15.9 Å². The Hall–Kier alpha value is -1.60. The average molecular weight is 328 g/mol. The highest BCUT2D eigenvalue weighted by molar-refractivity contribution is 7.88. The van der Waals surface area contributed by atoms with Gasteiger partial charge in [0, 0.05) is 12.6 Å². The van der Waals surface area contributed by atoms with Gasteiger partial charge in [-0.3, -0.25) is 4.79 Å². The van der Waals surface area contributed by atoms with Crippen molar-refractivity contribution in [3.05, 3.63) is 29.8 Å². The first kappa shape index (κ1) is 18.4. The zero-order chi connectivity index (χ0) is 16.8. The van der Waals surface area contributed by atoms with Crippen LogP contribution in [0.15, 0.2) is 24.3 Å². The summed E-state index contributed by atoms with van der Waals surface area (Å²) in [4.78, 5) is 11.8. The molecule has 0 saturated carbocycles. The molecule has 0 atom stereocenters. The van der Waals surface area contributed by atoms with Crippen molar-refractivity contribution in [1.82, 2.24) is 9.62 Å². The van der Waals surface area contributed by atoms with Gasteiger partial charge in [-0.1, -0.05) is 12.1 Å². The molecule has 22 heavy (non-hydrogen) atoms. The lowest BCUT2D eigenvalue weighted by Crippen LogP contribution is -2.43. The van der Waals surface area contributed by atoms with E-state index in [1.807, 2.05) is 38.1 Å². The maximum Gasteiger partial charge on any atom is 0.235 e. The predicted octanol–water partition coefficient (Wildman–Crippen LogP) is 1.02. The van der Waals surface area contributed by atoms with Crippen molar-refractivity contribution in [3.8, 4) is 5.75 Å². The number of rotatable bonds is 8. The molecule has 0 aliphatic carbocycles. The van der Waals surface area contributed by atoms with E-state index in [4.69, 9.17) is 4.74 Å². The number of benzene rings is 1. The van der Waals surface area contributed by atoms with E-state index in [1.54, 1.807) is 7.11 Å². The van der Waals surface area contributed by atoms with Crippen molar-refractivity contribution in [2.75, 3.05) is 26.5 Å². The summed E-state index contributed by atoms with van der Waals surface area (Å²) in [5.41, 5.74) is 0.956. The predicted molar refractivity (Wildman–Crippen MR) is 86.4 cm³/mol. The molecule has 0 bridgehead atoms. The molecule has 0 aliphatic heterocycles. The number of hydrogen-bond acceptors (Lipinski definition) is 4. The standard InChI is InChI=1S/C15H24N2O4S/c1-12(2)16-15(18)11-17(22(4,19)20)9-8-13-6-5-7-14(10-13)21-3/h5-7,10,12H,8-9,11H2,1-4H3,(H,16,18). The second-order valence-electron chi connectivity index (χ2n) is 5.42. The van der Waals surface area contributed by atoms with Crippen LogP contribution in [0.3, 0.4) is 0 Å². The van der Waals surface area contributed by atoms with Gasteiger partial charge in [0.2, 0.25) is 15.9 Å². The quantitative estimate of drug-likeness (QED) is 0.773. The van der Waals surface area contributed by atoms with E-state index >= 15 is 0 Å². The minimum Gasteiger partial charge on any atom is -0.497 e. The number of carbonyl (C=O) groups excluding carboxylic acids is 1. The van der Waals surface area contributed by atoms with Crippen LogP contribution >= 0.6 is 0 Å². The molecule has 0 saturated heterocycles. The maximum absolute atomic E-state index is 11.8. The summed E-state index contributed by atoms with van der Waals surface area (Å²) >= 11 is 0. The van der Waals surface area contributed by atoms with Gasteiger partial charge in [-0.2, -0.15) is 4.31 Å². The topological polar surface area (TPSA) is 75.7 Å². The fourth-order valence-electron chi connectivity index (χ4n) is 1.97. The third-order valence-electron chi connectivity index (χ3n) is 3.02. The molecule has 1 N–H and O–H groups in total. The Kier molecular flexibility index (Phi) is 6.83. The van der Waals surface area contributed by atoms with E-state index in [2.05, 4.69) is 5.32 Å². The summed E-state index contributed by atoms with van der Waals surface area (Å²) in [5, 5.41) is 2.70. The highest BCUT2D eigenvalue weighted by Crippen LogP contribution is 2.13. The first-order valence-electron chi connectivity index (χ1n) is 7.09.